The highest BCUT2D eigenvalue weighted by atomic mass is 35.5. The van der Waals surface area contributed by atoms with Crippen molar-refractivity contribution in [2.45, 2.75) is 18.9 Å². The number of ether oxygens (including phenoxy) is 1. The molecule has 0 bridgehead atoms. The fourth-order valence-corrected chi connectivity index (χ4v) is 3.76. The lowest BCUT2D eigenvalue weighted by molar-refractivity contribution is -0.134. The predicted octanol–water partition coefficient (Wildman–Crippen LogP) is 4.68. The molecule has 2 aromatic carbocycles. The van der Waals surface area contributed by atoms with Gasteiger partial charge in [-0.25, -0.2) is 4.39 Å². The zero-order chi connectivity index (χ0) is 22.0. The molecule has 9 heteroatoms. The number of halogens is 3. The molecule has 0 unspecified atom stereocenters. The second kappa shape index (κ2) is 9.16. The van der Waals surface area contributed by atoms with Crippen molar-refractivity contribution in [3.8, 4) is 5.75 Å². The van der Waals surface area contributed by atoms with Crippen molar-refractivity contribution in [2.24, 2.45) is 0 Å². The Morgan fingerprint density at radius 1 is 1.13 bits per heavy atom. The SMILES string of the molecule is O=C(NC1CCN(C(=O)COc2ccc(Cl)c(F)c2)CC1)c1cc2cc(Cl)ccc2o1. The first-order valence-corrected chi connectivity index (χ1v) is 10.5. The van der Waals surface area contributed by atoms with Crippen LogP contribution >= 0.6 is 23.2 Å². The molecule has 2 heterocycles. The van der Waals surface area contributed by atoms with E-state index < -0.39 is 5.82 Å². The first-order chi connectivity index (χ1) is 14.9. The number of piperidine rings is 1. The normalized spacial score (nSPS) is 14.6. The number of benzene rings is 2. The number of hydrogen-bond donors (Lipinski definition) is 1. The van der Waals surface area contributed by atoms with Crippen molar-refractivity contribution in [2.75, 3.05) is 19.7 Å². The molecule has 6 nitrogen and oxygen atoms in total. The zero-order valence-corrected chi connectivity index (χ0v) is 17.9. The lowest BCUT2D eigenvalue weighted by atomic mass is 10.0. The largest absolute Gasteiger partial charge is 0.484 e. The topological polar surface area (TPSA) is 71.8 Å². The highest BCUT2D eigenvalue weighted by Gasteiger charge is 2.25. The highest BCUT2D eigenvalue weighted by Crippen LogP contribution is 2.24. The van der Waals surface area contributed by atoms with Crippen LogP contribution in [0.4, 0.5) is 4.39 Å². The number of likely N-dealkylation sites (tertiary alicyclic amines) is 1. The lowest BCUT2D eigenvalue weighted by Gasteiger charge is -2.32. The summed E-state index contributed by atoms with van der Waals surface area (Å²) < 4.78 is 24.4. The van der Waals surface area contributed by atoms with E-state index in [4.69, 9.17) is 32.4 Å². The van der Waals surface area contributed by atoms with Crippen LogP contribution < -0.4 is 10.1 Å². The van der Waals surface area contributed by atoms with Crippen LogP contribution in [-0.2, 0) is 4.79 Å². The van der Waals surface area contributed by atoms with Crippen LogP contribution in [0.15, 0.2) is 46.9 Å². The van der Waals surface area contributed by atoms with E-state index in [0.717, 1.165) is 11.5 Å². The standard InChI is InChI=1S/C22H19Cl2FN2O4/c23-14-1-4-19-13(9-14)10-20(31-19)22(29)26-15-5-7-27(8-6-15)21(28)12-30-16-2-3-17(24)18(25)11-16/h1-4,9-11,15H,5-8,12H2,(H,26,29). The monoisotopic (exact) mass is 464 g/mol. The van der Waals surface area contributed by atoms with Crippen molar-refractivity contribution in [1.82, 2.24) is 10.2 Å². The Balaban J connectivity index is 1.26. The van der Waals surface area contributed by atoms with Gasteiger partial charge in [0.25, 0.3) is 11.8 Å². The molecule has 162 valence electrons. The molecule has 0 spiro atoms. The molecular weight excluding hydrogens is 446 g/mol. The summed E-state index contributed by atoms with van der Waals surface area (Å²) in [6, 6.07) is 10.8. The minimum atomic E-state index is -0.601. The summed E-state index contributed by atoms with van der Waals surface area (Å²) >= 11 is 11.6. The van der Waals surface area contributed by atoms with Crippen LogP contribution in [0.2, 0.25) is 10.0 Å². The van der Waals surface area contributed by atoms with E-state index in [1.165, 1.54) is 12.1 Å². The third kappa shape index (κ3) is 5.11. The molecule has 3 aromatic rings. The van der Waals surface area contributed by atoms with Crippen LogP contribution in [0.3, 0.4) is 0 Å². The molecular formula is C22H19Cl2FN2O4. The molecule has 1 aromatic heterocycles. The third-order valence-electron chi connectivity index (χ3n) is 5.14. The van der Waals surface area contributed by atoms with Crippen LogP contribution in [0, 0.1) is 5.82 Å². The minimum Gasteiger partial charge on any atom is -0.484 e. The van der Waals surface area contributed by atoms with E-state index in [1.54, 1.807) is 29.2 Å². The Morgan fingerprint density at radius 2 is 1.90 bits per heavy atom. The maximum atomic E-state index is 13.5. The van der Waals surface area contributed by atoms with E-state index >= 15 is 0 Å². The van der Waals surface area contributed by atoms with Gasteiger partial charge in [0.05, 0.1) is 5.02 Å². The molecule has 0 radical (unpaired) electrons. The number of nitrogens with zero attached hydrogens (tertiary/aromatic N) is 1. The summed E-state index contributed by atoms with van der Waals surface area (Å²) in [6.45, 7) is 0.773. The minimum absolute atomic E-state index is 0.00533. The van der Waals surface area contributed by atoms with Gasteiger partial charge in [0.15, 0.2) is 12.4 Å². The molecule has 1 fully saturated rings. The molecule has 31 heavy (non-hydrogen) atoms. The number of carbonyl (C=O) groups excluding carboxylic acids is 2. The quantitative estimate of drug-likeness (QED) is 0.594. The first kappa shape index (κ1) is 21.5. The van der Waals surface area contributed by atoms with E-state index in [0.29, 0.717) is 36.5 Å². The molecule has 4 rings (SSSR count). The Labute approximate surface area is 187 Å². The Bertz CT molecular complexity index is 1130. The maximum absolute atomic E-state index is 13.5. The molecule has 0 aliphatic carbocycles. The summed E-state index contributed by atoms with van der Waals surface area (Å²) in [6.07, 6.45) is 1.22. The van der Waals surface area contributed by atoms with Crippen LogP contribution in [-0.4, -0.2) is 42.5 Å². The number of amides is 2. The van der Waals surface area contributed by atoms with Crippen molar-refractivity contribution < 1.29 is 23.1 Å². The van der Waals surface area contributed by atoms with Gasteiger partial charge in [0, 0.05) is 35.6 Å². The maximum Gasteiger partial charge on any atom is 0.287 e. The smallest absolute Gasteiger partial charge is 0.287 e. The fourth-order valence-electron chi connectivity index (χ4n) is 3.46. The van der Waals surface area contributed by atoms with Gasteiger partial charge in [0.1, 0.15) is 17.1 Å². The van der Waals surface area contributed by atoms with Crippen molar-refractivity contribution >= 4 is 46.0 Å². The molecule has 0 atom stereocenters. The van der Waals surface area contributed by atoms with E-state index in [1.807, 2.05) is 0 Å². The Morgan fingerprint density at radius 3 is 2.65 bits per heavy atom. The van der Waals surface area contributed by atoms with Crippen molar-refractivity contribution in [1.29, 1.82) is 0 Å². The van der Waals surface area contributed by atoms with Gasteiger partial charge in [0.2, 0.25) is 0 Å². The highest BCUT2D eigenvalue weighted by molar-refractivity contribution is 6.31. The van der Waals surface area contributed by atoms with Crippen molar-refractivity contribution in [3.63, 3.8) is 0 Å². The van der Waals surface area contributed by atoms with Gasteiger partial charge in [-0.3, -0.25) is 9.59 Å². The van der Waals surface area contributed by atoms with Crippen molar-refractivity contribution in [3.05, 3.63) is 64.1 Å². The second-order valence-corrected chi connectivity index (χ2v) is 8.13. The number of carbonyl (C=O) groups is 2. The average molecular weight is 465 g/mol. The van der Waals surface area contributed by atoms with E-state index in [9.17, 15) is 14.0 Å². The number of rotatable bonds is 5. The summed E-state index contributed by atoms with van der Waals surface area (Å²) in [5, 5.41) is 4.28. The molecule has 1 saturated heterocycles. The van der Waals surface area contributed by atoms with Gasteiger partial charge >= 0.3 is 0 Å². The molecule has 0 saturated carbocycles. The molecule has 1 N–H and O–H groups in total. The fraction of sp³-hybridized carbons (Fsp3) is 0.273. The number of furan rings is 1. The van der Waals surface area contributed by atoms with Gasteiger partial charge in [-0.05, 0) is 49.2 Å². The predicted molar refractivity (Wildman–Crippen MR) is 115 cm³/mol. The lowest BCUT2D eigenvalue weighted by Crippen LogP contribution is -2.47. The summed E-state index contributed by atoms with van der Waals surface area (Å²) in [7, 11) is 0. The molecule has 1 aliphatic rings. The second-order valence-electron chi connectivity index (χ2n) is 7.29. The average Bonchev–Trinajstić information content (AvgIpc) is 3.18. The van der Waals surface area contributed by atoms with Gasteiger partial charge in [-0.2, -0.15) is 0 Å². The summed E-state index contributed by atoms with van der Waals surface area (Å²) in [4.78, 5) is 26.5. The summed E-state index contributed by atoms with van der Waals surface area (Å²) in [5.74, 6) is -0.640. The van der Waals surface area contributed by atoms with Crippen LogP contribution in [0.25, 0.3) is 11.0 Å². The zero-order valence-electron chi connectivity index (χ0n) is 16.4. The molecule has 1 aliphatic heterocycles. The number of fused-ring (bicyclic) bond motifs is 1. The molecule has 2 amide bonds. The van der Waals surface area contributed by atoms with Gasteiger partial charge in [-0.15, -0.1) is 0 Å². The van der Waals surface area contributed by atoms with E-state index in [-0.39, 0.29) is 41.0 Å². The Hall–Kier alpha value is -2.77. The Kier molecular flexibility index (Phi) is 6.34. The van der Waals surface area contributed by atoms with Gasteiger partial charge < -0.3 is 19.4 Å². The summed E-state index contributed by atoms with van der Waals surface area (Å²) in [5.41, 5.74) is 0.593. The van der Waals surface area contributed by atoms with E-state index in [2.05, 4.69) is 5.32 Å². The van der Waals surface area contributed by atoms with Crippen LogP contribution in [0.1, 0.15) is 23.4 Å². The number of hydrogen-bond acceptors (Lipinski definition) is 4. The first-order valence-electron chi connectivity index (χ1n) is 9.74. The number of nitrogens with one attached hydrogen (secondary N) is 1. The van der Waals surface area contributed by atoms with Gasteiger partial charge in [-0.1, -0.05) is 23.2 Å². The third-order valence-corrected chi connectivity index (χ3v) is 5.68. The van der Waals surface area contributed by atoms with Crippen LogP contribution in [0.5, 0.6) is 5.75 Å².